The van der Waals surface area contributed by atoms with Crippen LogP contribution in [-0.2, 0) is 11.2 Å². The number of benzene rings is 2. The first-order valence-electron chi connectivity index (χ1n) is 9.28. The minimum Gasteiger partial charge on any atom is -0.493 e. The zero-order chi connectivity index (χ0) is 21.8. The number of methoxy groups -OCH3 is 3. The normalized spacial score (nSPS) is 10.6. The molecular formula is C22H24FN3O4. The Hall–Kier alpha value is -3.55. The van der Waals surface area contributed by atoms with Crippen LogP contribution in [0.1, 0.15) is 17.0 Å². The number of aromatic nitrogens is 2. The summed E-state index contributed by atoms with van der Waals surface area (Å²) in [4.78, 5) is 12.7. The highest BCUT2D eigenvalue weighted by Crippen LogP contribution is 2.40. The lowest BCUT2D eigenvalue weighted by molar-refractivity contribution is -0.115. The summed E-state index contributed by atoms with van der Waals surface area (Å²) in [6.07, 6.45) is 0.134. The van der Waals surface area contributed by atoms with Crippen LogP contribution in [0.5, 0.6) is 17.2 Å². The Morgan fingerprint density at radius 3 is 2.17 bits per heavy atom. The van der Waals surface area contributed by atoms with Crippen LogP contribution >= 0.6 is 0 Å². The second kappa shape index (κ2) is 8.86. The Balaban J connectivity index is 1.83. The van der Waals surface area contributed by atoms with Gasteiger partial charge in [0.15, 0.2) is 11.5 Å². The molecule has 1 N–H and O–H groups in total. The number of ether oxygens (including phenoxy) is 3. The first kappa shape index (κ1) is 21.2. The van der Waals surface area contributed by atoms with Crippen molar-refractivity contribution in [3.8, 4) is 22.9 Å². The van der Waals surface area contributed by atoms with Crippen molar-refractivity contribution in [1.29, 1.82) is 0 Å². The van der Waals surface area contributed by atoms with Gasteiger partial charge >= 0.3 is 0 Å². The number of halogens is 1. The van der Waals surface area contributed by atoms with Crippen LogP contribution in [0.25, 0.3) is 5.69 Å². The molecule has 0 aliphatic rings. The second-order valence-corrected chi connectivity index (χ2v) is 6.68. The van der Waals surface area contributed by atoms with E-state index in [1.807, 2.05) is 13.8 Å². The molecular weight excluding hydrogens is 389 g/mol. The molecule has 8 heteroatoms. The number of carbonyl (C=O) groups is 1. The summed E-state index contributed by atoms with van der Waals surface area (Å²) in [6, 6.07) is 9.39. The monoisotopic (exact) mass is 413 g/mol. The smallest absolute Gasteiger partial charge is 0.228 e. The maximum Gasteiger partial charge on any atom is 0.228 e. The minimum absolute atomic E-state index is 0.134. The molecule has 3 aromatic rings. The number of rotatable bonds is 7. The Labute approximate surface area is 174 Å². The maximum absolute atomic E-state index is 13.2. The quantitative estimate of drug-likeness (QED) is 0.637. The fraction of sp³-hybridized carbons (Fsp3) is 0.273. The van der Waals surface area contributed by atoms with E-state index >= 15 is 0 Å². The molecule has 0 aliphatic heterocycles. The van der Waals surface area contributed by atoms with E-state index in [9.17, 15) is 9.18 Å². The average molecular weight is 413 g/mol. The molecule has 1 aromatic heterocycles. The van der Waals surface area contributed by atoms with E-state index in [0.717, 1.165) is 22.6 Å². The lowest BCUT2D eigenvalue weighted by Crippen LogP contribution is -2.15. The number of nitrogens with one attached hydrogen (secondary N) is 1. The lowest BCUT2D eigenvalue weighted by Gasteiger charge is -2.14. The molecule has 0 bridgehead atoms. The van der Waals surface area contributed by atoms with Crippen molar-refractivity contribution in [2.45, 2.75) is 20.3 Å². The number of hydrogen-bond donors (Lipinski definition) is 1. The summed E-state index contributed by atoms with van der Waals surface area (Å²) < 4.78 is 30.9. The van der Waals surface area contributed by atoms with Gasteiger partial charge in [0.1, 0.15) is 5.82 Å². The summed E-state index contributed by atoms with van der Waals surface area (Å²) in [5.74, 6) is 0.817. The molecule has 7 nitrogen and oxygen atoms in total. The lowest BCUT2D eigenvalue weighted by atomic mass is 10.1. The fourth-order valence-electron chi connectivity index (χ4n) is 3.28. The third kappa shape index (κ3) is 4.22. The third-order valence-electron chi connectivity index (χ3n) is 4.80. The van der Waals surface area contributed by atoms with Gasteiger partial charge in [-0.3, -0.25) is 4.79 Å². The van der Waals surface area contributed by atoms with E-state index in [1.54, 1.807) is 28.9 Å². The van der Waals surface area contributed by atoms with E-state index in [2.05, 4.69) is 10.4 Å². The zero-order valence-corrected chi connectivity index (χ0v) is 17.6. The summed E-state index contributed by atoms with van der Waals surface area (Å²) in [5, 5.41) is 7.37. The van der Waals surface area contributed by atoms with Gasteiger partial charge in [0, 0.05) is 29.1 Å². The molecule has 3 rings (SSSR count). The van der Waals surface area contributed by atoms with Gasteiger partial charge in [-0.25, -0.2) is 9.07 Å². The topological polar surface area (TPSA) is 74.6 Å². The minimum atomic E-state index is -0.315. The molecule has 1 heterocycles. The molecule has 0 unspecified atom stereocenters. The van der Waals surface area contributed by atoms with Crippen molar-refractivity contribution in [3.05, 3.63) is 59.2 Å². The van der Waals surface area contributed by atoms with Gasteiger partial charge in [0.05, 0.1) is 39.1 Å². The van der Waals surface area contributed by atoms with Gasteiger partial charge in [0.2, 0.25) is 11.7 Å². The van der Waals surface area contributed by atoms with Gasteiger partial charge < -0.3 is 19.5 Å². The molecule has 0 saturated carbocycles. The standard InChI is InChI=1S/C22H24FN3O4/c1-13-18(14(2)26(25-13)17-8-6-15(23)7-9-17)12-21(27)24-16-10-19(28-3)22(30-5)20(11-16)29-4/h6-11H,12H2,1-5H3,(H,24,27). The highest BCUT2D eigenvalue weighted by molar-refractivity contribution is 5.93. The highest BCUT2D eigenvalue weighted by atomic mass is 19.1. The Kier molecular flexibility index (Phi) is 6.25. The third-order valence-corrected chi connectivity index (χ3v) is 4.80. The molecule has 0 atom stereocenters. The molecule has 0 fully saturated rings. The molecule has 0 saturated heterocycles. The number of carbonyl (C=O) groups excluding carboxylic acids is 1. The van der Waals surface area contributed by atoms with E-state index in [0.29, 0.717) is 22.9 Å². The van der Waals surface area contributed by atoms with E-state index in [-0.39, 0.29) is 18.1 Å². The van der Waals surface area contributed by atoms with Crippen LogP contribution in [0.3, 0.4) is 0 Å². The van der Waals surface area contributed by atoms with Crippen LogP contribution in [0, 0.1) is 19.7 Å². The highest BCUT2D eigenvalue weighted by Gasteiger charge is 2.18. The van der Waals surface area contributed by atoms with Crippen LogP contribution < -0.4 is 19.5 Å². The first-order valence-corrected chi connectivity index (χ1v) is 9.28. The van der Waals surface area contributed by atoms with E-state index in [4.69, 9.17) is 14.2 Å². The zero-order valence-electron chi connectivity index (χ0n) is 17.6. The second-order valence-electron chi connectivity index (χ2n) is 6.68. The Bertz CT molecular complexity index is 1040. The molecule has 0 radical (unpaired) electrons. The number of hydrogen-bond acceptors (Lipinski definition) is 5. The van der Waals surface area contributed by atoms with Crippen molar-refractivity contribution in [3.63, 3.8) is 0 Å². The van der Waals surface area contributed by atoms with E-state index < -0.39 is 0 Å². The molecule has 30 heavy (non-hydrogen) atoms. The Morgan fingerprint density at radius 1 is 1.03 bits per heavy atom. The first-order chi connectivity index (χ1) is 14.4. The van der Waals surface area contributed by atoms with Gasteiger partial charge in [-0.15, -0.1) is 0 Å². The van der Waals surface area contributed by atoms with E-state index in [1.165, 1.54) is 33.5 Å². The van der Waals surface area contributed by atoms with Crippen molar-refractivity contribution >= 4 is 11.6 Å². The van der Waals surface area contributed by atoms with Gasteiger partial charge in [-0.1, -0.05) is 0 Å². The summed E-state index contributed by atoms with van der Waals surface area (Å²) in [6.45, 7) is 3.72. The number of amides is 1. The average Bonchev–Trinajstić information content (AvgIpc) is 3.01. The van der Waals surface area contributed by atoms with Crippen LogP contribution in [0.15, 0.2) is 36.4 Å². The Morgan fingerprint density at radius 2 is 1.63 bits per heavy atom. The summed E-state index contributed by atoms with van der Waals surface area (Å²) >= 11 is 0. The molecule has 1 amide bonds. The molecule has 2 aromatic carbocycles. The summed E-state index contributed by atoms with van der Waals surface area (Å²) in [5.41, 5.74) is 3.62. The van der Waals surface area contributed by atoms with Gasteiger partial charge in [0.25, 0.3) is 0 Å². The van der Waals surface area contributed by atoms with Crippen molar-refractivity contribution in [1.82, 2.24) is 9.78 Å². The summed E-state index contributed by atoms with van der Waals surface area (Å²) in [7, 11) is 4.54. The van der Waals surface area contributed by atoms with Crippen LogP contribution in [0.2, 0.25) is 0 Å². The number of aryl methyl sites for hydroxylation is 1. The molecule has 0 aliphatic carbocycles. The maximum atomic E-state index is 13.2. The predicted octanol–water partition coefficient (Wildman–Crippen LogP) is 3.84. The van der Waals surface area contributed by atoms with Crippen LogP contribution in [-0.4, -0.2) is 37.0 Å². The van der Waals surface area contributed by atoms with Crippen molar-refractivity contribution < 1.29 is 23.4 Å². The van der Waals surface area contributed by atoms with Crippen molar-refractivity contribution in [2.75, 3.05) is 26.6 Å². The van der Waals surface area contributed by atoms with Gasteiger partial charge in [-0.2, -0.15) is 5.10 Å². The van der Waals surface area contributed by atoms with Crippen molar-refractivity contribution in [2.24, 2.45) is 0 Å². The largest absolute Gasteiger partial charge is 0.493 e. The molecule has 0 spiro atoms. The molecule has 158 valence electrons. The fourth-order valence-corrected chi connectivity index (χ4v) is 3.28. The number of nitrogens with zero attached hydrogens (tertiary/aromatic N) is 2. The van der Waals surface area contributed by atoms with Crippen LogP contribution in [0.4, 0.5) is 10.1 Å². The predicted molar refractivity (Wildman–Crippen MR) is 111 cm³/mol. The van der Waals surface area contributed by atoms with Gasteiger partial charge in [-0.05, 0) is 38.1 Å². The number of anilines is 1. The SMILES string of the molecule is COc1cc(NC(=O)Cc2c(C)nn(-c3ccc(F)cc3)c2C)cc(OC)c1OC.